The molecule has 3 nitrogen and oxygen atoms in total. The number of nitrogen functional groups attached to an aromatic ring is 1. The fourth-order valence-corrected chi connectivity index (χ4v) is 1.70. The largest absolute Gasteiger partial charge is 0.493 e. The van der Waals surface area contributed by atoms with E-state index < -0.39 is 5.60 Å². The third-order valence-electron chi connectivity index (χ3n) is 2.99. The van der Waals surface area contributed by atoms with E-state index in [1.165, 1.54) is 0 Å². The molecule has 0 amide bonds. The maximum atomic E-state index is 9.67. The number of hydrogen-bond donors (Lipinski definition) is 2. The standard InChI is InChI=1S/C15H25NO2/c1-10(2)12-9-13(16)11(3)8-14(12)18-7-6-15(4,5)17/h8-10,17H,6-7,16H2,1-5H3. The van der Waals surface area contributed by atoms with Crippen LogP contribution in [0.3, 0.4) is 0 Å². The summed E-state index contributed by atoms with van der Waals surface area (Å²) in [5.74, 6) is 1.24. The minimum atomic E-state index is -0.694. The van der Waals surface area contributed by atoms with Crippen molar-refractivity contribution in [2.75, 3.05) is 12.3 Å². The Balaban J connectivity index is 2.84. The second kappa shape index (κ2) is 5.61. The topological polar surface area (TPSA) is 55.5 Å². The molecule has 18 heavy (non-hydrogen) atoms. The van der Waals surface area contributed by atoms with E-state index in [0.717, 1.165) is 22.6 Å². The Bertz CT molecular complexity index is 406. The number of benzene rings is 1. The molecule has 0 unspecified atom stereocenters. The molecule has 3 N–H and O–H groups in total. The molecule has 0 saturated carbocycles. The van der Waals surface area contributed by atoms with Crippen molar-refractivity contribution < 1.29 is 9.84 Å². The zero-order valence-electron chi connectivity index (χ0n) is 12.1. The van der Waals surface area contributed by atoms with Crippen molar-refractivity contribution in [1.29, 1.82) is 0 Å². The van der Waals surface area contributed by atoms with Crippen LogP contribution in [0.5, 0.6) is 5.75 Å². The van der Waals surface area contributed by atoms with Gasteiger partial charge in [-0.1, -0.05) is 13.8 Å². The van der Waals surface area contributed by atoms with Crippen LogP contribution in [0, 0.1) is 6.92 Å². The zero-order valence-corrected chi connectivity index (χ0v) is 12.1. The molecule has 0 fully saturated rings. The van der Waals surface area contributed by atoms with Crippen LogP contribution in [0.1, 0.15) is 51.2 Å². The lowest BCUT2D eigenvalue weighted by molar-refractivity contribution is 0.0552. The van der Waals surface area contributed by atoms with E-state index >= 15 is 0 Å². The second-order valence-corrected chi connectivity index (χ2v) is 5.81. The molecular weight excluding hydrogens is 226 g/mol. The third kappa shape index (κ3) is 4.22. The van der Waals surface area contributed by atoms with Crippen LogP contribution >= 0.6 is 0 Å². The highest BCUT2D eigenvalue weighted by Crippen LogP contribution is 2.31. The van der Waals surface area contributed by atoms with Crippen molar-refractivity contribution in [2.45, 2.75) is 52.6 Å². The van der Waals surface area contributed by atoms with E-state index in [0.29, 0.717) is 18.9 Å². The molecule has 0 bridgehead atoms. The van der Waals surface area contributed by atoms with Gasteiger partial charge in [0.05, 0.1) is 12.2 Å². The van der Waals surface area contributed by atoms with Crippen LogP contribution in [0.4, 0.5) is 5.69 Å². The number of anilines is 1. The van der Waals surface area contributed by atoms with Crippen LogP contribution in [0.2, 0.25) is 0 Å². The summed E-state index contributed by atoms with van der Waals surface area (Å²) in [6.45, 7) is 10.3. The number of rotatable bonds is 5. The summed E-state index contributed by atoms with van der Waals surface area (Å²) in [5.41, 5.74) is 8.18. The van der Waals surface area contributed by atoms with Gasteiger partial charge in [-0.2, -0.15) is 0 Å². The number of hydrogen-bond acceptors (Lipinski definition) is 3. The molecule has 0 aliphatic rings. The SMILES string of the molecule is Cc1cc(OCCC(C)(C)O)c(C(C)C)cc1N. The van der Waals surface area contributed by atoms with Gasteiger partial charge in [0.2, 0.25) is 0 Å². The Morgan fingerprint density at radius 2 is 1.94 bits per heavy atom. The lowest BCUT2D eigenvalue weighted by atomic mass is 9.99. The normalized spacial score (nSPS) is 11.9. The van der Waals surface area contributed by atoms with Gasteiger partial charge < -0.3 is 15.6 Å². The average Bonchev–Trinajstić information content (AvgIpc) is 2.20. The van der Waals surface area contributed by atoms with Gasteiger partial charge >= 0.3 is 0 Å². The van der Waals surface area contributed by atoms with Gasteiger partial charge in [-0.05, 0) is 49.9 Å². The van der Waals surface area contributed by atoms with Gasteiger partial charge in [0.25, 0.3) is 0 Å². The van der Waals surface area contributed by atoms with Gasteiger partial charge in [0.1, 0.15) is 5.75 Å². The van der Waals surface area contributed by atoms with E-state index in [9.17, 15) is 5.11 Å². The van der Waals surface area contributed by atoms with Crippen LogP contribution in [0.15, 0.2) is 12.1 Å². The minimum absolute atomic E-state index is 0.366. The summed E-state index contributed by atoms with van der Waals surface area (Å²) in [6, 6.07) is 3.97. The van der Waals surface area contributed by atoms with Crippen LogP contribution in [-0.2, 0) is 0 Å². The summed E-state index contributed by atoms with van der Waals surface area (Å²) in [7, 11) is 0. The predicted octanol–water partition coefficient (Wildman–Crippen LogP) is 3.24. The smallest absolute Gasteiger partial charge is 0.123 e. The highest BCUT2D eigenvalue weighted by Gasteiger charge is 2.14. The van der Waals surface area contributed by atoms with Crippen molar-refractivity contribution in [2.24, 2.45) is 0 Å². The Morgan fingerprint density at radius 3 is 2.44 bits per heavy atom. The van der Waals surface area contributed by atoms with Gasteiger partial charge in [-0.3, -0.25) is 0 Å². The monoisotopic (exact) mass is 251 g/mol. The summed E-state index contributed by atoms with van der Waals surface area (Å²) >= 11 is 0. The van der Waals surface area contributed by atoms with Crippen molar-refractivity contribution >= 4 is 5.69 Å². The van der Waals surface area contributed by atoms with Gasteiger partial charge in [-0.15, -0.1) is 0 Å². The van der Waals surface area contributed by atoms with Crippen molar-refractivity contribution in [3.8, 4) is 5.75 Å². The fraction of sp³-hybridized carbons (Fsp3) is 0.600. The number of nitrogens with two attached hydrogens (primary N) is 1. The molecular formula is C15H25NO2. The van der Waals surface area contributed by atoms with E-state index in [2.05, 4.69) is 13.8 Å². The van der Waals surface area contributed by atoms with Gasteiger partial charge in [-0.25, -0.2) is 0 Å². The van der Waals surface area contributed by atoms with Crippen LogP contribution < -0.4 is 10.5 Å². The summed E-state index contributed by atoms with van der Waals surface area (Å²) < 4.78 is 5.79. The first-order valence-corrected chi connectivity index (χ1v) is 6.46. The first-order valence-electron chi connectivity index (χ1n) is 6.46. The summed E-state index contributed by atoms with van der Waals surface area (Å²) in [5, 5.41) is 9.67. The van der Waals surface area contributed by atoms with Crippen molar-refractivity contribution in [3.63, 3.8) is 0 Å². The third-order valence-corrected chi connectivity index (χ3v) is 2.99. The van der Waals surface area contributed by atoms with Crippen LogP contribution in [-0.4, -0.2) is 17.3 Å². The fourth-order valence-electron chi connectivity index (χ4n) is 1.70. The van der Waals surface area contributed by atoms with Crippen molar-refractivity contribution in [3.05, 3.63) is 23.3 Å². The molecule has 0 aliphatic carbocycles. The molecule has 1 aromatic carbocycles. The molecule has 1 aromatic rings. The van der Waals surface area contributed by atoms with E-state index in [1.54, 1.807) is 13.8 Å². The Kier molecular flexibility index (Phi) is 4.63. The Hall–Kier alpha value is -1.22. The lowest BCUT2D eigenvalue weighted by Crippen LogP contribution is -2.22. The molecule has 3 heteroatoms. The molecule has 102 valence electrons. The molecule has 0 atom stereocenters. The Morgan fingerprint density at radius 1 is 1.33 bits per heavy atom. The van der Waals surface area contributed by atoms with Gasteiger partial charge in [0, 0.05) is 12.1 Å². The average molecular weight is 251 g/mol. The molecule has 0 saturated heterocycles. The van der Waals surface area contributed by atoms with Crippen molar-refractivity contribution in [1.82, 2.24) is 0 Å². The van der Waals surface area contributed by atoms with Crippen LogP contribution in [0.25, 0.3) is 0 Å². The van der Waals surface area contributed by atoms with E-state index in [4.69, 9.17) is 10.5 Å². The maximum Gasteiger partial charge on any atom is 0.123 e. The molecule has 0 aromatic heterocycles. The molecule has 1 rings (SSSR count). The van der Waals surface area contributed by atoms with Gasteiger partial charge in [0.15, 0.2) is 0 Å². The number of aliphatic hydroxyl groups is 1. The second-order valence-electron chi connectivity index (χ2n) is 5.81. The zero-order chi connectivity index (χ0) is 13.9. The molecule has 0 heterocycles. The minimum Gasteiger partial charge on any atom is -0.493 e. The molecule has 0 spiro atoms. The lowest BCUT2D eigenvalue weighted by Gasteiger charge is -2.20. The van der Waals surface area contributed by atoms with E-state index in [-0.39, 0.29) is 0 Å². The molecule has 0 aliphatic heterocycles. The maximum absolute atomic E-state index is 9.67. The highest BCUT2D eigenvalue weighted by atomic mass is 16.5. The quantitative estimate of drug-likeness (QED) is 0.790. The first-order chi connectivity index (χ1) is 8.20. The number of ether oxygens (including phenoxy) is 1. The number of aryl methyl sites for hydroxylation is 1. The highest BCUT2D eigenvalue weighted by molar-refractivity contribution is 5.55. The first kappa shape index (κ1) is 14.8. The summed E-state index contributed by atoms with van der Waals surface area (Å²) in [4.78, 5) is 0. The van der Waals surface area contributed by atoms with E-state index in [1.807, 2.05) is 19.1 Å². The Labute approximate surface area is 110 Å². The predicted molar refractivity (Wildman–Crippen MR) is 76.1 cm³/mol. The summed E-state index contributed by atoms with van der Waals surface area (Å²) in [6.07, 6.45) is 0.605. The molecule has 0 radical (unpaired) electrons.